The largest absolute Gasteiger partial charge is 0.366 e. The number of carbonyl (C=O) groups excluding carboxylic acids is 2. The van der Waals surface area contributed by atoms with Gasteiger partial charge in [-0.05, 0) is 55.1 Å². The fourth-order valence-corrected chi connectivity index (χ4v) is 4.23. The quantitative estimate of drug-likeness (QED) is 0.429. The molecule has 0 bridgehead atoms. The molecule has 3 heterocycles. The zero-order valence-corrected chi connectivity index (χ0v) is 18.1. The van der Waals surface area contributed by atoms with Gasteiger partial charge in [0.15, 0.2) is 5.78 Å². The summed E-state index contributed by atoms with van der Waals surface area (Å²) in [4.78, 5) is 26.7. The molecule has 0 aliphatic carbocycles. The minimum Gasteiger partial charge on any atom is -0.366 e. The van der Waals surface area contributed by atoms with Crippen LogP contribution < -0.4 is 5.73 Å². The fourth-order valence-electron chi connectivity index (χ4n) is 3.53. The van der Waals surface area contributed by atoms with E-state index in [-0.39, 0.29) is 12.3 Å². The number of amides is 1. The highest BCUT2D eigenvalue weighted by molar-refractivity contribution is 7.09. The number of nitrogens with two attached hydrogens (primary N) is 1. The molecule has 1 aromatic carbocycles. The van der Waals surface area contributed by atoms with E-state index in [0.717, 1.165) is 24.4 Å². The lowest BCUT2D eigenvalue weighted by atomic mass is 10.1. The van der Waals surface area contributed by atoms with E-state index >= 15 is 0 Å². The molecule has 8 nitrogen and oxygen atoms in total. The van der Waals surface area contributed by atoms with Crippen LogP contribution in [-0.2, 0) is 19.5 Å². The van der Waals surface area contributed by atoms with E-state index < -0.39 is 5.91 Å². The molecule has 2 N–H and O–H groups in total. The molecule has 31 heavy (non-hydrogen) atoms. The van der Waals surface area contributed by atoms with E-state index in [1.54, 1.807) is 35.6 Å². The number of benzene rings is 1. The second-order valence-electron chi connectivity index (χ2n) is 7.27. The van der Waals surface area contributed by atoms with Crippen molar-refractivity contribution >= 4 is 23.0 Å². The van der Waals surface area contributed by atoms with Crippen molar-refractivity contribution < 1.29 is 9.59 Å². The standard InChI is InChI=1S/C22H22N6O2S/c1-14-12-19(15(2)27(14)10-9-18-4-3-11-31-18)20(29)13-28-25-22(24-26-28)17-7-5-16(6-8-17)21(23)30/h3-8,11-12H,9-10,13H2,1-2H3,(H2,23,30). The van der Waals surface area contributed by atoms with Crippen molar-refractivity contribution in [1.82, 2.24) is 24.8 Å². The highest BCUT2D eigenvalue weighted by Crippen LogP contribution is 2.19. The average molecular weight is 435 g/mol. The smallest absolute Gasteiger partial charge is 0.248 e. The average Bonchev–Trinajstić information content (AvgIpc) is 3.49. The summed E-state index contributed by atoms with van der Waals surface area (Å²) in [5.41, 5.74) is 9.03. The molecule has 3 aromatic heterocycles. The van der Waals surface area contributed by atoms with E-state index in [1.807, 2.05) is 19.9 Å². The summed E-state index contributed by atoms with van der Waals surface area (Å²) in [5, 5.41) is 14.4. The van der Waals surface area contributed by atoms with Crippen LogP contribution in [-0.4, -0.2) is 36.5 Å². The number of primary amides is 1. The molecule has 0 saturated heterocycles. The molecule has 0 aliphatic heterocycles. The van der Waals surface area contributed by atoms with E-state index in [2.05, 4.69) is 37.5 Å². The Labute approximate surface area is 183 Å². The third-order valence-corrected chi connectivity index (χ3v) is 6.14. The lowest BCUT2D eigenvalue weighted by Crippen LogP contribution is -2.14. The first-order valence-corrected chi connectivity index (χ1v) is 10.7. The summed E-state index contributed by atoms with van der Waals surface area (Å²) in [6.45, 7) is 4.81. The summed E-state index contributed by atoms with van der Waals surface area (Å²) < 4.78 is 2.17. The number of Topliss-reactive ketones (excluding diaryl/α,β-unsaturated/α-hetero) is 1. The number of tetrazole rings is 1. The topological polar surface area (TPSA) is 109 Å². The zero-order valence-electron chi connectivity index (χ0n) is 17.3. The maximum atomic E-state index is 12.9. The minimum absolute atomic E-state index is 0.00157. The van der Waals surface area contributed by atoms with Crippen LogP contribution in [0.2, 0.25) is 0 Å². The first-order valence-electron chi connectivity index (χ1n) is 9.82. The Morgan fingerprint density at radius 1 is 1.13 bits per heavy atom. The van der Waals surface area contributed by atoms with Gasteiger partial charge >= 0.3 is 0 Å². The second-order valence-corrected chi connectivity index (χ2v) is 8.31. The van der Waals surface area contributed by atoms with Gasteiger partial charge in [0.25, 0.3) is 0 Å². The first kappa shape index (κ1) is 20.7. The number of nitrogens with zero attached hydrogens (tertiary/aromatic N) is 5. The predicted molar refractivity (Wildman–Crippen MR) is 118 cm³/mol. The van der Waals surface area contributed by atoms with Gasteiger partial charge in [-0.15, -0.1) is 21.5 Å². The van der Waals surface area contributed by atoms with E-state index in [0.29, 0.717) is 22.5 Å². The number of ketones is 1. The normalized spacial score (nSPS) is 11.0. The van der Waals surface area contributed by atoms with Gasteiger partial charge in [-0.25, -0.2) is 0 Å². The van der Waals surface area contributed by atoms with Crippen LogP contribution in [0.5, 0.6) is 0 Å². The molecule has 9 heteroatoms. The van der Waals surface area contributed by atoms with Crippen LogP contribution in [0, 0.1) is 13.8 Å². The highest BCUT2D eigenvalue weighted by atomic mass is 32.1. The van der Waals surface area contributed by atoms with Gasteiger partial charge in [0.1, 0.15) is 6.54 Å². The maximum absolute atomic E-state index is 12.9. The van der Waals surface area contributed by atoms with Gasteiger partial charge in [-0.1, -0.05) is 18.2 Å². The summed E-state index contributed by atoms with van der Waals surface area (Å²) in [5.74, 6) is -0.185. The van der Waals surface area contributed by atoms with Gasteiger partial charge in [0.2, 0.25) is 11.7 Å². The number of thiophene rings is 1. The lowest BCUT2D eigenvalue weighted by molar-refractivity contribution is 0.0959. The summed E-state index contributed by atoms with van der Waals surface area (Å²) in [6, 6.07) is 12.7. The van der Waals surface area contributed by atoms with Crippen LogP contribution in [0.15, 0.2) is 47.8 Å². The Hall–Kier alpha value is -3.59. The molecule has 4 aromatic rings. The third-order valence-electron chi connectivity index (χ3n) is 5.20. The fraction of sp³-hybridized carbons (Fsp3) is 0.227. The van der Waals surface area contributed by atoms with E-state index in [9.17, 15) is 9.59 Å². The number of aryl methyl sites for hydroxylation is 2. The molecular weight excluding hydrogens is 412 g/mol. The molecule has 0 spiro atoms. The first-order chi connectivity index (χ1) is 14.9. The molecule has 0 fully saturated rings. The molecule has 0 radical (unpaired) electrons. The van der Waals surface area contributed by atoms with Crippen molar-refractivity contribution in [3.05, 3.63) is 75.2 Å². The van der Waals surface area contributed by atoms with Crippen molar-refractivity contribution in [2.24, 2.45) is 5.73 Å². The van der Waals surface area contributed by atoms with Crippen LogP contribution in [0.25, 0.3) is 11.4 Å². The second kappa shape index (κ2) is 8.65. The van der Waals surface area contributed by atoms with Crippen molar-refractivity contribution in [2.45, 2.75) is 33.4 Å². The molecule has 0 atom stereocenters. The maximum Gasteiger partial charge on any atom is 0.248 e. The Balaban J connectivity index is 1.46. The van der Waals surface area contributed by atoms with Gasteiger partial charge < -0.3 is 10.3 Å². The number of aromatic nitrogens is 5. The zero-order chi connectivity index (χ0) is 22.0. The van der Waals surface area contributed by atoms with Crippen LogP contribution >= 0.6 is 11.3 Å². The third kappa shape index (κ3) is 4.46. The Morgan fingerprint density at radius 3 is 2.58 bits per heavy atom. The molecule has 158 valence electrons. The van der Waals surface area contributed by atoms with Crippen LogP contribution in [0.3, 0.4) is 0 Å². The van der Waals surface area contributed by atoms with Gasteiger partial charge in [-0.3, -0.25) is 9.59 Å². The van der Waals surface area contributed by atoms with Crippen LogP contribution in [0.4, 0.5) is 0 Å². The van der Waals surface area contributed by atoms with Gasteiger partial charge in [0, 0.05) is 39.5 Å². The van der Waals surface area contributed by atoms with Crippen molar-refractivity contribution in [3.8, 4) is 11.4 Å². The predicted octanol–water partition coefficient (Wildman–Crippen LogP) is 3.04. The minimum atomic E-state index is -0.498. The van der Waals surface area contributed by atoms with Crippen molar-refractivity contribution in [1.29, 1.82) is 0 Å². The highest BCUT2D eigenvalue weighted by Gasteiger charge is 2.18. The van der Waals surface area contributed by atoms with Crippen molar-refractivity contribution in [3.63, 3.8) is 0 Å². The molecule has 0 unspecified atom stereocenters. The number of rotatable bonds is 8. The van der Waals surface area contributed by atoms with Crippen molar-refractivity contribution in [2.75, 3.05) is 0 Å². The number of hydrogen-bond donors (Lipinski definition) is 1. The Kier molecular flexibility index (Phi) is 5.77. The number of hydrogen-bond acceptors (Lipinski definition) is 6. The van der Waals surface area contributed by atoms with E-state index in [1.165, 1.54) is 9.67 Å². The molecule has 0 aliphatic rings. The lowest BCUT2D eigenvalue weighted by Gasteiger charge is -2.09. The summed E-state index contributed by atoms with van der Waals surface area (Å²) in [6.07, 6.45) is 0.935. The molecule has 4 rings (SSSR count). The Bertz CT molecular complexity index is 1220. The summed E-state index contributed by atoms with van der Waals surface area (Å²) >= 11 is 1.74. The molecular formula is C22H22N6O2S. The monoisotopic (exact) mass is 434 g/mol. The molecule has 0 saturated carbocycles. The van der Waals surface area contributed by atoms with Crippen LogP contribution in [0.1, 0.15) is 37.0 Å². The van der Waals surface area contributed by atoms with Gasteiger partial charge in [0.05, 0.1) is 0 Å². The van der Waals surface area contributed by atoms with E-state index in [4.69, 9.17) is 5.73 Å². The number of carbonyl (C=O) groups is 2. The SMILES string of the molecule is Cc1cc(C(=O)Cn2nnc(-c3ccc(C(N)=O)cc3)n2)c(C)n1CCc1cccs1. The summed E-state index contributed by atoms with van der Waals surface area (Å²) in [7, 11) is 0. The van der Waals surface area contributed by atoms with Gasteiger partial charge in [-0.2, -0.15) is 4.80 Å². The molecule has 1 amide bonds. The Morgan fingerprint density at radius 2 is 1.90 bits per heavy atom.